The fourth-order valence-electron chi connectivity index (χ4n) is 3.75. The monoisotopic (exact) mass is 456 g/mol. The minimum absolute atomic E-state index is 0.00989. The second-order valence-corrected chi connectivity index (χ2v) is 9.39. The van der Waals surface area contributed by atoms with Crippen LogP contribution in [0.15, 0.2) is 75.9 Å². The standard InChI is InChI=1S/C29H28O5/c1-18-6-15-24-23(16-18)25(30)27(33-17-19-7-9-21(10-8-19)28(31)32-5)26(34-24)20-11-13-22(14-12-20)29(2,3)4/h6-16H,17H2,1-5H3. The number of carbonyl (C=O) groups excluding carboxylic acids is 1. The van der Waals surface area contributed by atoms with Crippen LogP contribution in [0.1, 0.15) is 47.8 Å². The predicted molar refractivity (Wildman–Crippen MR) is 133 cm³/mol. The second kappa shape index (κ2) is 9.18. The molecular formula is C29H28O5. The van der Waals surface area contributed by atoms with Crippen LogP contribution < -0.4 is 10.2 Å². The molecule has 0 amide bonds. The second-order valence-electron chi connectivity index (χ2n) is 9.39. The van der Waals surface area contributed by atoms with E-state index < -0.39 is 5.97 Å². The third-order valence-corrected chi connectivity index (χ3v) is 5.78. The van der Waals surface area contributed by atoms with Gasteiger partial charge >= 0.3 is 5.97 Å². The van der Waals surface area contributed by atoms with Crippen molar-refractivity contribution in [1.29, 1.82) is 0 Å². The van der Waals surface area contributed by atoms with E-state index in [-0.39, 0.29) is 23.2 Å². The Balaban J connectivity index is 1.75. The Morgan fingerprint density at radius 1 is 0.941 bits per heavy atom. The summed E-state index contributed by atoms with van der Waals surface area (Å²) in [6.07, 6.45) is 0. The quantitative estimate of drug-likeness (QED) is 0.324. The van der Waals surface area contributed by atoms with Crippen LogP contribution >= 0.6 is 0 Å². The molecule has 34 heavy (non-hydrogen) atoms. The van der Waals surface area contributed by atoms with Crippen molar-refractivity contribution < 1.29 is 18.7 Å². The van der Waals surface area contributed by atoms with Gasteiger partial charge in [0.1, 0.15) is 12.2 Å². The summed E-state index contributed by atoms with van der Waals surface area (Å²) in [6.45, 7) is 8.54. The third-order valence-electron chi connectivity index (χ3n) is 5.78. The molecule has 3 aromatic carbocycles. The van der Waals surface area contributed by atoms with Crippen molar-refractivity contribution in [3.63, 3.8) is 0 Å². The number of ether oxygens (including phenoxy) is 2. The lowest BCUT2D eigenvalue weighted by Gasteiger charge is -2.19. The van der Waals surface area contributed by atoms with Gasteiger partial charge < -0.3 is 13.9 Å². The number of hydrogen-bond acceptors (Lipinski definition) is 5. The molecule has 4 rings (SSSR count). The van der Waals surface area contributed by atoms with Gasteiger partial charge in [-0.3, -0.25) is 4.79 Å². The first-order valence-corrected chi connectivity index (χ1v) is 11.2. The first kappa shape index (κ1) is 23.3. The smallest absolute Gasteiger partial charge is 0.337 e. The first-order chi connectivity index (χ1) is 16.2. The molecule has 1 heterocycles. The molecule has 0 aliphatic rings. The maximum atomic E-state index is 13.5. The molecule has 0 N–H and O–H groups in total. The summed E-state index contributed by atoms with van der Waals surface area (Å²) in [5, 5.41) is 0.478. The fourth-order valence-corrected chi connectivity index (χ4v) is 3.75. The SMILES string of the molecule is COC(=O)c1ccc(COc2c(-c3ccc(C(C)(C)C)cc3)oc3ccc(C)cc3c2=O)cc1. The van der Waals surface area contributed by atoms with E-state index in [1.165, 1.54) is 12.7 Å². The molecule has 0 bridgehead atoms. The molecule has 0 fully saturated rings. The van der Waals surface area contributed by atoms with E-state index in [9.17, 15) is 9.59 Å². The zero-order valence-electron chi connectivity index (χ0n) is 20.1. The average molecular weight is 457 g/mol. The van der Waals surface area contributed by atoms with Gasteiger partial charge in [0.05, 0.1) is 18.1 Å². The minimum Gasteiger partial charge on any atom is -0.481 e. The zero-order chi connectivity index (χ0) is 24.5. The number of fused-ring (bicyclic) bond motifs is 1. The normalized spacial score (nSPS) is 11.4. The van der Waals surface area contributed by atoms with Crippen LogP contribution in [0.25, 0.3) is 22.3 Å². The summed E-state index contributed by atoms with van der Waals surface area (Å²) in [4.78, 5) is 25.1. The number of aryl methyl sites for hydroxylation is 1. The van der Waals surface area contributed by atoms with E-state index in [1.807, 2.05) is 49.4 Å². The highest BCUT2D eigenvalue weighted by Crippen LogP contribution is 2.33. The van der Waals surface area contributed by atoms with Crippen molar-refractivity contribution in [2.24, 2.45) is 0 Å². The van der Waals surface area contributed by atoms with Gasteiger partial charge in [0, 0.05) is 5.56 Å². The Labute approximate surface area is 199 Å². The van der Waals surface area contributed by atoms with Crippen molar-refractivity contribution in [1.82, 2.24) is 0 Å². The summed E-state index contributed by atoms with van der Waals surface area (Å²) >= 11 is 0. The Morgan fingerprint density at radius 2 is 1.62 bits per heavy atom. The Kier molecular flexibility index (Phi) is 6.29. The van der Waals surface area contributed by atoms with Gasteiger partial charge in [0.15, 0.2) is 5.76 Å². The number of methoxy groups -OCH3 is 1. The number of hydrogen-bond donors (Lipinski definition) is 0. The Morgan fingerprint density at radius 3 is 2.24 bits per heavy atom. The highest BCUT2D eigenvalue weighted by atomic mass is 16.5. The minimum atomic E-state index is -0.404. The van der Waals surface area contributed by atoms with E-state index in [1.54, 1.807) is 24.3 Å². The lowest BCUT2D eigenvalue weighted by atomic mass is 9.86. The molecule has 5 nitrogen and oxygen atoms in total. The van der Waals surface area contributed by atoms with Crippen molar-refractivity contribution in [3.05, 3.63) is 99.2 Å². The molecule has 4 aromatic rings. The summed E-state index contributed by atoms with van der Waals surface area (Å²) in [5.74, 6) is 0.158. The van der Waals surface area contributed by atoms with E-state index >= 15 is 0 Å². The van der Waals surface area contributed by atoms with Crippen LogP contribution in [0.2, 0.25) is 0 Å². The van der Waals surface area contributed by atoms with E-state index in [2.05, 4.69) is 20.8 Å². The van der Waals surface area contributed by atoms with Crippen LogP contribution in [0.5, 0.6) is 5.75 Å². The molecule has 5 heteroatoms. The molecule has 174 valence electrons. The lowest BCUT2D eigenvalue weighted by Crippen LogP contribution is -2.12. The van der Waals surface area contributed by atoms with Crippen LogP contribution in [0.3, 0.4) is 0 Å². The molecule has 1 aromatic heterocycles. The topological polar surface area (TPSA) is 65.7 Å². The number of esters is 1. The largest absolute Gasteiger partial charge is 0.481 e. The van der Waals surface area contributed by atoms with Gasteiger partial charge in [0.25, 0.3) is 0 Å². The van der Waals surface area contributed by atoms with Gasteiger partial charge in [-0.1, -0.05) is 68.8 Å². The van der Waals surface area contributed by atoms with Gasteiger partial charge in [-0.15, -0.1) is 0 Å². The lowest BCUT2D eigenvalue weighted by molar-refractivity contribution is 0.0600. The third kappa shape index (κ3) is 4.74. The number of rotatable bonds is 5. The van der Waals surface area contributed by atoms with Gasteiger partial charge in [0.2, 0.25) is 11.2 Å². The van der Waals surface area contributed by atoms with E-state index in [4.69, 9.17) is 13.9 Å². The Bertz CT molecular complexity index is 1390. The van der Waals surface area contributed by atoms with Gasteiger partial charge in [-0.25, -0.2) is 4.79 Å². The number of carbonyl (C=O) groups is 1. The van der Waals surface area contributed by atoms with Crippen molar-refractivity contribution in [3.8, 4) is 17.1 Å². The number of benzene rings is 3. The highest BCUT2D eigenvalue weighted by Gasteiger charge is 2.20. The fraction of sp³-hybridized carbons (Fsp3) is 0.241. The summed E-state index contributed by atoms with van der Waals surface area (Å²) in [6, 6.07) is 20.4. The van der Waals surface area contributed by atoms with Gasteiger partial charge in [-0.2, -0.15) is 0 Å². The van der Waals surface area contributed by atoms with Crippen LogP contribution in [0.4, 0.5) is 0 Å². The van der Waals surface area contributed by atoms with Crippen molar-refractivity contribution in [2.45, 2.75) is 39.7 Å². The van der Waals surface area contributed by atoms with Crippen LogP contribution in [0, 0.1) is 6.92 Å². The molecule has 0 aliphatic heterocycles. The van der Waals surface area contributed by atoms with Crippen molar-refractivity contribution >= 4 is 16.9 Å². The average Bonchev–Trinajstić information content (AvgIpc) is 2.83. The maximum absolute atomic E-state index is 13.5. The summed E-state index contributed by atoms with van der Waals surface area (Å²) in [5.41, 5.74) is 4.48. The molecule has 0 spiro atoms. The molecule has 0 aliphatic carbocycles. The maximum Gasteiger partial charge on any atom is 0.337 e. The molecule has 0 saturated heterocycles. The zero-order valence-corrected chi connectivity index (χ0v) is 20.1. The van der Waals surface area contributed by atoms with E-state index in [0.717, 1.165) is 16.7 Å². The molecule has 0 atom stereocenters. The highest BCUT2D eigenvalue weighted by molar-refractivity contribution is 5.89. The molecule has 0 saturated carbocycles. The molecule has 0 radical (unpaired) electrons. The molecular weight excluding hydrogens is 428 g/mol. The Hall–Kier alpha value is -3.86. The van der Waals surface area contributed by atoms with Crippen molar-refractivity contribution in [2.75, 3.05) is 7.11 Å². The van der Waals surface area contributed by atoms with Gasteiger partial charge in [-0.05, 0) is 47.7 Å². The summed E-state index contributed by atoms with van der Waals surface area (Å²) in [7, 11) is 1.34. The predicted octanol–water partition coefficient (Wildman–Crippen LogP) is 6.43. The van der Waals surface area contributed by atoms with Crippen LogP contribution in [-0.4, -0.2) is 13.1 Å². The molecule has 0 unspecified atom stereocenters. The van der Waals surface area contributed by atoms with Crippen LogP contribution in [-0.2, 0) is 16.8 Å². The van der Waals surface area contributed by atoms with E-state index in [0.29, 0.717) is 22.3 Å². The summed E-state index contributed by atoms with van der Waals surface area (Å²) < 4.78 is 17.0. The first-order valence-electron chi connectivity index (χ1n) is 11.2.